The number of carbonyl (C=O) groups is 1. The van der Waals surface area contributed by atoms with Gasteiger partial charge in [-0.15, -0.1) is 0 Å². The molecule has 1 saturated heterocycles. The lowest BCUT2D eigenvalue weighted by atomic mass is 9.97. The van der Waals surface area contributed by atoms with Crippen molar-refractivity contribution in [1.29, 1.82) is 0 Å². The molecular weight excluding hydrogens is 412 g/mol. The van der Waals surface area contributed by atoms with Crippen molar-refractivity contribution in [2.24, 2.45) is 0 Å². The molecule has 1 heterocycles. The van der Waals surface area contributed by atoms with Gasteiger partial charge in [-0.3, -0.25) is 0 Å². The van der Waals surface area contributed by atoms with Crippen LogP contribution in [0.25, 0.3) is 6.08 Å². The second-order valence-corrected chi connectivity index (χ2v) is 7.35. The fourth-order valence-corrected chi connectivity index (χ4v) is 3.35. The summed E-state index contributed by atoms with van der Waals surface area (Å²) in [6.07, 6.45) is -4.91. The summed E-state index contributed by atoms with van der Waals surface area (Å²) in [5.74, 6) is -0.799. The van der Waals surface area contributed by atoms with Crippen molar-refractivity contribution >= 4 is 12.0 Å². The Hall–Kier alpha value is -2.31. The summed E-state index contributed by atoms with van der Waals surface area (Å²) in [4.78, 5) is 12.3. The molecule has 10 nitrogen and oxygen atoms in total. The van der Waals surface area contributed by atoms with Gasteiger partial charge in [0.15, 0.2) is 12.4 Å². The van der Waals surface area contributed by atoms with Crippen LogP contribution >= 0.6 is 0 Å². The number of aliphatic hydroxyl groups excluding tert-OH is 5. The van der Waals surface area contributed by atoms with Crippen molar-refractivity contribution in [2.45, 2.75) is 55.4 Å². The summed E-state index contributed by atoms with van der Waals surface area (Å²) in [7, 11) is 0. The van der Waals surface area contributed by atoms with Crippen LogP contribution in [0.1, 0.15) is 12.0 Å². The average Bonchev–Trinajstić information content (AvgIpc) is 2.76. The van der Waals surface area contributed by atoms with Crippen molar-refractivity contribution in [3.8, 4) is 5.75 Å². The van der Waals surface area contributed by atoms with Crippen molar-refractivity contribution in [2.75, 3.05) is 6.61 Å². The lowest BCUT2D eigenvalue weighted by Gasteiger charge is -2.43. The minimum Gasteiger partial charge on any atom is -0.508 e. The molecule has 8 atom stereocenters. The Labute approximate surface area is 178 Å². The Balaban J connectivity index is 1.72. The number of aliphatic hydroxyl groups is 5. The molecule has 1 aromatic carbocycles. The highest BCUT2D eigenvalue weighted by Gasteiger charge is 2.48. The first-order valence-corrected chi connectivity index (χ1v) is 9.78. The van der Waals surface area contributed by atoms with Gasteiger partial charge in [-0.2, -0.15) is 0 Å². The Kier molecular flexibility index (Phi) is 7.79. The molecule has 0 aromatic heterocycles. The molecule has 2 aliphatic rings. The van der Waals surface area contributed by atoms with E-state index in [1.165, 1.54) is 24.3 Å². The van der Waals surface area contributed by atoms with E-state index in [9.17, 15) is 35.4 Å². The van der Waals surface area contributed by atoms with Gasteiger partial charge >= 0.3 is 5.97 Å². The Morgan fingerprint density at radius 1 is 1.10 bits per heavy atom. The number of rotatable bonds is 6. The largest absolute Gasteiger partial charge is 0.508 e. The number of hydrogen-bond donors (Lipinski definition) is 6. The normalized spacial score (nSPS) is 35.9. The third-order valence-electron chi connectivity index (χ3n) is 5.12. The number of carbonyl (C=O) groups excluding carboxylic acids is 1. The number of esters is 1. The molecular formula is C21H26O10. The van der Waals surface area contributed by atoms with Gasteiger partial charge < -0.3 is 44.8 Å². The van der Waals surface area contributed by atoms with Gasteiger partial charge in [0.2, 0.25) is 0 Å². The maximum absolute atomic E-state index is 12.3. The van der Waals surface area contributed by atoms with E-state index < -0.39 is 61.6 Å². The Bertz CT molecular complexity index is 792. The molecule has 170 valence electrons. The van der Waals surface area contributed by atoms with E-state index in [4.69, 9.17) is 14.2 Å². The van der Waals surface area contributed by atoms with Crippen LogP contribution in [0.15, 0.2) is 42.5 Å². The van der Waals surface area contributed by atoms with Crippen LogP contribution < -0.4 is 0 Å². The van der Waals surface area contributed by atoms with E-state index in [1.807, 2.05) is 0 Å². The van der Waals surface area contributed by atoms with E-state index in [2.05, 4.69) is 0 Å². The van der Waals surface area contributed by atoms with Gasteiger partial charge in [0.05, 0.1) is 12.7 Å². The van der Waals surface area contributed by atoms with Gasteiger partial charge in [-0.25, -0.2) is 4.79 Å². The van der Waals surface area contributed by atoms with Crippen LogP contribution in [-0.2, 0) is 19.0 Å². The Morgan fingerprint density at radius 3 is 2.48 bits per heavy atom. The Morgan fingerprint density at radius 2 is 1.81 bits per heavy atom. The predicted molar refractivity (Wildman–Crippen MR) is 105 cm³/mol. The average molecular weight is 438 g/mol. The summed E-state index contributed by atoms with van der Waals surface area (Å²) in [5, 5.41) is 59.2. The molecule has 1 aliphatic heterocycles. The molecule has 31 heavy (non-hydrogen) atoms. The van der Waals surface area contributed by atoms with E-state index >= 15 is 0 Å². The van der Waals surface area contributed by atoms with Gasteiger partial charge in [0.1, 0.15) is 36.3 Å². The summed E-state index contributed by atoms with van der Waals surface area (Å²) < 4.78 is 16.4. The molecule has 8 unspecified atom stereocenters. The first kappa shape index (κ1) is 23.4. The highest BCUT2D eigenvalue weighted by molar-refractivity contribution is 5.87. The molecule has 0 saturated carbocycles. The fraction of sp³-hybridized carbons (Fsp3) is 0.476. The van der Waals surface area contributed by atoms with Crippen LogP contribution in [-0.4, -0.2) is 92.2 Å². The van der Waals surface area contributed by atoms with Crippen LogP contribution in [0, 0.1) is 0 Å². The zero-order chi connectivity index (χ0) is 22.5. The quantitative estimate of drug-likeness (QED) is 0.181. The maximum atomic E-state index is 12.3. The lowest BCUT2D eigenvalue weighted by molar-refractivity contribution is -0.320. The molecule has 1 aromatic rings. The monoisotopic (exact) mass is 438 g/mol. The zero-order valence-corrected chi connectivity index (χ0v) is 16.5. The molecule has 10 heteroatoms. The van der Waals surface area contributed by atoms with E-state index in [1.54, 1.807) is 18.2 Å². The van der Waals surface area contributed by atoms with Gasteiger partial charge in [0.25, 0.3) is 0 Å². The number of hydrogen-bond acceptors (Lipinski definition) is 10. The summed E-state index contributed by atoms with van der Waals surface area (Å²) >= 11 is 0. The highest BCUT2D eigenvalue weighted by Crippen LogP contribution is 2.28. The van der Waals surface area contributed by atoms with E-state index in [0.29, 0.717) is 5.56 Å². The first-order chi connectivity index (χ1) is 14.8. The molecule has 1 aliphatic carbocycles. The first-order valence-electron chi connectivity index (χ1n) is 9.78. The second kappa shape index (κ2) is 10.3. The predicted octanol–water partition coefficient (Wildman–Crippen LogP) is -1.18. The molecule has 3 rings (SSSR count). The number of phenolic OH excluding ortho intramolecular Hbond substituents is 1. The molecule has 0 bridgehead atoms. The third kappa shape index (κ3) is 5.69. The third-order valence-corrected chi connectivity index (χ3v) is 5.12. The van der Waals surface area contributed by atoms with Crippen LogP contribution in [0.3, 0.4) is 0 Å². The number of benzene rings is 1. The van der Waals surface area contributed by atoms with Crippen molar-refractivity contribution in [1.82, 2.24) is 0 Å². The van der Waals surface area contributed by atoms with E-state index in [0.717, 1.165) is 6.08 Å². The highest BCUT2D eigenvalue weighted by atomic mass is 16.7. The van der Waals surface area contributed by atoms with Crippen LogP contribution in [0.2, 0.25) is 0 Å². The maximum Gasteiger partial charge on any atom is 0.331 e. The van der Waals surface area contributed by atoms with E-state index in [-0.39, 0.29) is 12.2 Å². The molecule has 1 fully saturated rings. The van der Waals surface area contributed by atoms with Crippen molar-refractivity contribution in [3.05, 3.63) is 48.1 Å². The SMILES string of the molecule is O=C(C=Cc1ccc(O)cc1)OC1C(OC2CC=CC(O)C2O)OC(CO)C(O)C1O. The van der Waals surface area contributed by atoms with Crippen LogP contribution in [0.5, 0.6) is 5.75 Å². The minimum atomic E-state index is -1.64. The summed E-state index contributed by atoms with van der Waals surface area (Å²) in [5.41, 5.74) is 0.606. The standard InChI is InChI=1S/C21H26O10/c22-10-15-18(27)19(28)20(21(30-15)29-14-3-1-2-13(24)17(14)26)31-16(25)9-6-11-4-7-12(23)8-5-11/h1-2,4-9,13-15,17-24,26-28H,3,10H2. The molecule has 6 N–H and O–H groups in total. The summed E-state index contributed by atoms with van der Waals surface area (Å²) in [6, 6.07) is 6.03. The lowest BCUT2D eigenvalue weighted by Crippen LogP contribution is -2.61. The van der Waals surface area contributed by atoms with Gasteiger partial charge in [-0.05, 0) is 30.2 Å². The molecule has 0 amide bonds. The molecule has 0 radical (unpaired) electrons. The van der Waals surface area contributed by atoms with Gasteiger partial charge in [0, 0.05) is 6.08 Å². The van der Waals surface area contributed by atoms with Crippen molar-refractivity contribution in [3.63, 3.8) is 0 Å². The van der Waals surface area contributed by atoms with Gasteiger partial charge in [-0.1, -0.05) is 24.3 Å². The smallest absolute Gasteiger partial charge is 0.331 e. The fourth-order valence-electron chi connectivity index (χ4n) is 3.35. The summed E-state index contributed by atoms with van der Waals surface area (Å²) in [6.45, 7) is -0.630. The van der Waals surface area contributed by atoms with Crippen LogP contribution in [0.4, 0.5) is 0 Å². The number of phenols is 1. The zero-order valence-electron chi connectivity index (χ0n) is 16.5. The number of aromatic hydroxyl groups is 1. The minimum absolute atomic E-state index is 0.0690. The molecule has 0 spiro atoms. The second-order valence-electron chi connectivity index (χ2n) is 7.35. The number of ether oxygens (including phenoxy) is 3. The topological polar surface area (TPSA) is 166 Å². The van der Waals surface area contributed by atoms with Crippen molar-refractivity contribution < 1.29 is 49.6 Å².